The van der Waals surface area contributed by atoms with E-state index in [-0.39, 0.29) is 11.7 Å². The monoisotopic (exact) mass is 485 g/mol. The predicted octanol–water partition coefficient (Wildman–Crippen LogP) is 4.20. The highest BCUT2D eigenvalue weighted by Crippen LogP contribution is 2.35. The van der Waals surface area contributed by atoms with Crippen LogP contribution in [0.25, 0.3) is 44.9 Å². The van der Waals surface area contributed by atoms with Gasteiger partial charge in [-0.3, -0.25) is 0 Å². The van der Waals surface area contributed by atoms with Crippen molar-refractivity contribution in [2.24, 2.45) is 0 Å². The molecule has 0 amide bonds. The summed E-state index contributed by atoms with van der Waals surface area (Å²) in [5.41, 5.74) is 5.77. The largest absolute Gasteiger partial charge is 0.420 e. The Kier molecular flexibility index (Phi) is 5.74. The normalized spacial score (nSPS) is 13.9. The molecule has 1 aliphatic rings. The molecule has 1 N–H and O–H groups in total. The molecule has 1 fully saturated rings. The van der Waals surface area contributed by atoms with Gasteiger partial charge in [-0.15, -0.1) is 15.3 Å². The van der Waals surface area contributed by atoms with Crippen molar-refractivity contribution >= 4 is 11.2 Å². The molecule has 10 heteroatoms. The van der Waals surface area contributed by atoms with Crippen molar-refractivity contribution in [1.82, 2.24) is 35.3 Å². The second-order valence-corrected chi connectivity index (χ2v) is 8.76. The standard InChI is InChI=1S/C26H24FN7O2/c1-3-34-14-29-23-21(12-30-31-24(23)34)15-5-7-22(27)20(9-15)19-6-4-16(8-17(19)13-35-2)25-32-33-26(36-25)18-10-28-11-18/h4-9,12,14,18,28H,3,10-11,13H2,1-2H3. The number of halogens is 1. The lowest BCUT2D eigenvalue weighted by Gasteiger charge is -2.22. The zero-order valence-corrected chi connectivity index (χ0v) is 19.9. The van der Waals surface area contributed by atoms with Gasteiger partial charge in [0.25, 0.3) is 0 Å². The van der Waals surface area contributed by atoms with Crippen molar-refractivity contribution in [2.45, 2.75) is 26.0 Å². The maximum Gasteiger partial charge on any atom is 0.247 e. The van der Waals surface area contributed by atoms with Crippen LogP contribution in [0.4, 0.5) is 4.39 Å². The van der Waals surface area contributed by atoms with Crippen LogP contribution in [0.15, 0.2) is 53.3 Å². The minimum absolute atomic E-state index is 0.249. The van der Waals surface area contributed by atoms with Crippen molar-refractivity contribution in [3.8, 4) is 33.7 Å². The molecule has 9 nitrogen and oxygen atoms in total. The Labute approximate surface area is 206 Å². The molecule has 0 bridgehead atoms. The Morgan fingerprint density at radius 3 is 2.69 bits per heavy atom. The summed E-state index contributed by atoms with van der Waals surface area (Å²) in [4.78, 5) is 4.53. The number of rotatable bonds is 7. The molecular weight excluding hydrogens is 461 g/mol. The zero-order valence-electron chi connectivity index (χ0n) is 19.9. The molecule has 3 aromatic heterocycles. The summed E-state index contributed by atoms with van der Waals surface area (Å²) in [5.74, 6) is 0.979. The van der Waals surface area contributed by atoms with E-state index in [2.05, 4.69) is 30.7 Å². The third-order valence-corrected chi connectivity index (χ3v) is 6.54. The zero-order chi connectivity index (χ0) is 24.6. The van der Waals surface area contributed by atoms with E-state index in [0.717, 1.165) is 53.0 Å². The van der Waals surface area contributed by atoms with E-state index in [1.807, 2.05) is 35.8 Å². The van der Waals surface area contributed by atoms with Crippen molar-refractivity contribution in [1.29, 1.82) is 0 Å². The van der Waals surface area contributed by atoms with Gasteiger partial charge in [0.15, 0.2) is 5.65 Å². The topological polar surface area (TPSA) is 104 Å². The summed E-state index contributed by atoms with van der Waals surface area (Å²) in [6.07, 6.45) is 3.41. The number of imidazole rings is 1. The minimum atomic E-state index is -0.334. The molecule has 36 heavy (non-hydrogen) atoms. The lowest BCUT2D eigenvalue weighted by molar-refractivity contribution is 0.185. The summed E-state index contributed by atoms with van der Waals surface area (Å²) in [7, 11) is 1.61. The second-order valence-electron chi connectivity index (χ2n) is 8.76. The first-order chi connectivity index (χ1) is 17.7. The van der Waals surface area contributed by atoms with Gasteiger partial charge in [0, 0.05) is 43.4 Å². The van der Waals surface area contributed by atoms with Crippen LogP contribution in [0, 0.1) is 5.82 Å². The van der Waals surface area contributed by atoms with Gasteiger partial charge >= 0.3 is 0 Å². The number of benzene rings is 2. The molecular formula is C26H24FN7O2. The first-order valence-electron chi connectivity index (χ1n) is 11.8. The SMILES string of the molecule is CCn1cnc2c(-c3ccc(F)c(-c4ccc(-c5nnc(C6CNC6)o5)cc4COC)c3)cnnc21. The number of hydrogen-bond donors (Lipinski definition) is 1. The molecule has 1 saturated heterocycles. The summed E-state index contributed by atoms with van der Waals surface area (Å²) >= 11 is 0. The Hall–Kier alpha value is -4.02. The molecule has 0 unspecified atom stereocenters. The van der Waals surface area contributed by atoms with Gasteiger partial charge in [-0.05, 0) is 47.9 Å². The number of aromatic nitrogens is 6. The van der Waals surface area contributed by atoms with Crippen LogP contribution < -0.4 is 5.32 Å². The molecule has 1 aliphatic heterocycles. The molecule has 0 radical (unpaired) electrons. The van der Waals surface area contributed by atoms with Crippen LogP contribution in [0.1, 0.15) is 24.3 Å². The molecule has 0 spiro atoms. The van der Waals surface area contributed by atoms with Gasteiger partial charge in [0.2, 0.25) is 11.8 Å². The third-order valence-electron chi connectivity index (χ3n) is 6.54. The first kappa shape index (κ1) is 22.4. The number of nitrogens with zero attached hydrogens (tertiary/aromatic N) is 6. The maximum absolute atomic E-state index is 15.2. The summed E-state index contributed by atoms with van der Waals surface area (Å²) in [6, 6.07) is 10.7. The number of nitrogens with one attached hydrogen (secondary N) is 1. The van der Waals surface area contributed by atoms with Crippen molar-refractivity contribution in [2.75, 3.05) is 20.2 Å². The average molecular weight is 486 g/mol. The molecule has 6 rings (SSSR count). The maximum atomic E-state index is 15.2. The Balaban J connectivity index is 1.42. The summed E-state index contributed by atoms with van der Waals surface area (Å²) in [5, 5.41) is 20.0. The van der Waals surface area contributed by atoms with Gasteiger partial charge in [-0.2, -0.15) is 5.10 Å². The van der Waals surface area contributed by atoms with E-state index < -0.39 is 0 Å². The van der Waals surface area contributed by atoms with E-state index >= 15 is 4.39 Å². The molecule has 182 valence electrons. The fraction of sp³-hybridized carbons (Fsp3) is 0.269. The summed E-state index contributed by atoms with van der Waals surface area (Å²) < 4.78 is 28.5. The lowest BCUT2D eigenvalue weighted by atomic mass is 9.94. The lowest BCUT2D eigenvalue weighted by Crippen LogP contribution is -2.40. The quantitative estimate of drug-likeness (QED) is 0.366. The van der Waals surface area contributed by atoms with Crippen LogP contribution in [-0.4, -0.2) is 50.1 Å². The molecule has 0 saturated carbocycles. The number of methoxy groups -OCH3 is 1. The average Bonchev–Trinajstić information content (AvgIpc) is 3.51. The molecule has 0 atom stereocenters. The highest BCUT2D eigenvalue weighted by atomic mass is 19.1. The Morgan fingerprint density at radius 1 is 1.06 bits per heavy atom. The van der Waals surface area contributed by atoms with E-state index in [1.165, 1.54) is 6.07 Å². The highest BCUT2D eigenvalue weighted by molar-refractivity contribution is 5.90. The van der Waals surface area contributed by atoms with Gasteiger partial charge < -0.3 is 19.0 Å². The van der Waals surface area contributed by atoms with Crippen LogP contribution in [-0.2, 0) is 17.9 Å². The fourth-order valence-corrected chi connectivity index (χ4v) is 4.46. The second kappa shape index (κ2) is 9.21. The fourth-order valence-electron chi connectivity index (χ4n) is 4.46. The van der Waals surface area contributed by atoms with Crippen LogP contribution in [0.2, 0.25) is 0 Å². The van der Waals surface area contributed by atoms with Crippen molar-refractivity contribution in [3.63, 3.8) is 0 Å². The van der Waals surface area contributed by atoms with Gasteiger partial charge in [-0.1, -0.05) is 12.1 Å². The molecule has 2 aromatic carbocycles. The number of fused-ring (bicyclic) bond motifs is 1. The number of aryl methyl sites for hydroxylation is 1. The number of hydrogen-bond acceptors (Lipinski definition) is 8. The molecule has 5 aromatic rings. The van der Waals surface area contributed by atoms with E-state index in [1.54, 1.807) is 25.7 Å². The van der Waals surface area contributed by atoms with Gasteiger partial charge in [0.05, 0.1) is 25.0 Å². The smallest absolute Gasteiger partial charge is 0.247 e. The van der Waals surface area contributed by atoms with Crippen LogP contribution in [0.3, 0.4) is 0 Å². The Bertz CT molecular complexity index is 1560. The van der Waals surface area contributed by atoms with E-state index in [4.69, 9.17) is 9.15 Å². The van der Waals surface area contributed by atoms with Gasteiger partial charge in [-0.25, -0.2) is 9.37 Å². The van der Waals surface area contributed by atoms with Crippen LogP contribution in [0.5, 0.6) is 0 Å². The number of ether oxygens (including phenoxy) is 1. The third kappa shape index (κ3) is 3.84. The summed E-state index contributed by atoms with van der Waals surface area (Å²) in [6.45, 7) is 4.72. The minimum Gasteiger partial charge on any atom is -0.420 e. The highest BCUT2D eigenvalue weighted by Gasteiger charge is 2.25. The van der Waals surface area contributed by atoms with E-state index in [9.17, 15) is 0 Å². The van der Waals surface area contributed by atoms with E-state index in [0.29, 0.717) is 29.6 Å². The predicted molar refractivity (Wildman–Crippen MR) is 131 cm³/mol. The van der Waals surface area contributed by atoms with Crippen molar-refractivity contribution < 1.29 is 13.5 Å². The Morgan fingerprint density at radius 2 is 1.92 bits per heavy atom. The van der Waals surface area contributed by atoms with Crippen LogP contribution >= 0.6 is 0 Å². The van der Waals surface area contributed by atoms with Gasteiger partial charge in [0.1, 0.15) is 11.3 Å². The first-order valence-corrected chi connectivity index (χ1v) is 11.8. The molecule has 4 heterocycles. The molecule has 0 aliphatic carbocycles. The van der Waals surface area contributed by atoms with Crippen molar-refractivity contribution in [3.05, 3.63) is 66.2 Å².